The topological polar surface area (TPSA) is 214 Å². The first-order chi connectivity index (χ1) is 19.5. The summed E-state index contributed by atoms with van der Waals surface area (Å²) in [4.78, 5) is 14.8. The van der Waals surface area contributed by atoms with Crippen LogP contribution >= 0.6 is 0 Å². The highest BCUT2D eigenvalue weighted by Crippen LogP contribution is 2.38. The van der Waals surface area contributed by atoms with E-state index in [9.17, 15) is 22.4 Å². The largest absolute Gasteiger partial charge is 0.382 e. The number of nitrogen functional groups attached to an aromatic ring is 1. The Kier molecular flexibility index (Phi) is 7.65. The molecule has 3 heterocycles. The van der Waals surface area contributed by atoms with Gasteiger partial charge in [0.1, 0.15) is 17.9 Å². The van der Waals surface area contributed by atoms with Crippen molar-refractivity contribution >= 4 is 37.2 Å². The maximum atomic E-state index is 13.3. The van der Waals surface area contributed by atoms with Gasteiger partial charge in [-0.15, -0.1) is 0 Å². The Balaban J connectivity index is 1.52. The molecule has 0 aliphatic carbocycles. The summed E-state index contributed by atoms with van der Waals surface area (Å²) < 4.78 is 70.6. The van der Waals surface area contributed by atoms with Gasteiger partial charge in [-0.3, -0.25) is 12.9 Å². The number of fused-ring (bicyclic) bond motifs is 1. The van der Waals surface area contributed by atoms with Crippen LogP contribution in [0.3, 0.4) is 0 Å². The number of aryl methyl sites for hydroxylation is 2. The molecule has 1 saturated heterocycles. The lowest BCUT2D eigenvalue weighted by atomic mass is 10.1. The predicted molar refractivity (Wildman–Crippen MR) is 144 cm³/mol. The number of imidazole rings is 1. The lowest BCUT2D eigenvalue weighted by Gasteiger charge is -2.22. The van der Waals surface area contributed by atoms with E-state index < -0.39 is 51.3 Å². The lowest BCUT2D eigenvalue weighted by Crippen LogP contribution is -2.36. The van der Waals surface area contributed by atoms with Gasteiger partial charge in [0, 0.05) is 4.91 Å². The van der Waals surface area contributed by atoms with Crippen molar-refractivity contribution in [3.63, 3.8) is 0 Å². The summed E-state index contributed by atoms with van der Waals surface area (Å²) in [5.74, 6) is 0.0622. The van der Waals surface area contributed by atoms with E-state index in [0.717, 1.165) is 11.1 Å². The van der Waals surface area contributed by atoms with E-state index in [2.05, 4.69) is 25.0 Å². The van der Waals surface area contributed by atoms with Gasteiger partial charge in [0.2, 0.25) is 0 Å². The molecular weight excluding hydrogens is 576 g/mol. The fourth-order valence-electron chi connectivity index (χ4n) is 4.28. The zero-order valence-corrected chi connectivity index (χ0v) is 23.3. The predicted octanol–water partition coefficient (Wildman–Crippen LogP) is 2.78. The van der Waals surface area contributed by atoms with Gasteiger partial charge in [-0.2, -0.15) is 16.8 Å². The molecule has 4 atom stereocenters. The van der Waals surface area contributed by atoms with Crippen LogP contribution in [-0.2, 0) is 33.3 Å². The lowest BCUT2D eigenvalue weighted by molar-refractivity contribution is -0.0392. The van der Waals surface area contributed by atoms with E-state index in [4.69, 9.17) is 18.8 Å². The number of anilines is 1. The molecule has 1 fully saturated rings. The Bertz CT molecular complexity index is 1840. The third-order valence-corrected chi connectivity index (χ3v) is 9.02. The minimum atomic E-state index is -4.42. The van der Waals surface area contributed by atoms with Gasteiger partial charge in [-0.1, -0.05) is 40.5 Å². The number of hydrogen-bond donors (Lipinski definition) is 1. The number of aromatic nitrogens is 4. The van der Waals surface area contributed by atoms with Gasteiger partial charge in [0.25, 0.3) is 20.2 Å². The second-order valence-electron chi connectivity index (χ2n) is 9.22. The second-order valence-corrected chi connectivity index (χ2v) is 12.4. The summed E-state index contributed by atoms with van der Waals surface area (Å²) in [6, 6.07) is 10.6. The molecule has 41 heavy (non-hydrogen) atoms. The van der Waals surface area contributed by atoms with E-state index in [1.807, 2.05) is 0 Å². The van der Waals surface area contributed by atoms with Crippen molar-refractivity contribution < 1.29 is 29.9 Å². The Morgan fingerprint density at radius 1 is 0.976 bits per heavy atom. The van der Waals surface area contributed by atoms with Crippen LogP contribution in [-0.4, -0.2) is 61.2 Å². The SMILES string of the molecule is Cc1ccc(S(=O)(=O)OC[C@H]2O[C@@H](n3cnc4c(N)ncnc43)[C@@H](OS(=O)(=O)c3ccc(C)cc3)[C@@H]2N=[N+]=[N-])cc1. The van der Waals surface area contributed by atoms with E-state index in [-0.39, 0.29) is 26.8 Å². The number of azide groups is 1. The van der Waals surface area contributed by atoms with Crippen molar-refractivity contribution in [2.75, 3.05) is 12.3 Å². The van der Waals surface area contributed by atoms with Crippen LogP contribution in [0.25, 0.3) is 21.6 Å². The first-order valence-electron chi connectivity index (χ1n) is 12.1. The van der Waals surface area contributed by atoms with Crippen molar-refractivity contribution in [1.82, 2.24) is 19.5 Å². The monoisotopic (exact) mass is 600 g/mol. The van der Waals surface area contributed by atoms with Crippen LogP contribution in [0.4, 0.5) is 5.82 Å². The average molecular weight is 601 g/mol. The molecule has 15 nitrogen and oxygen atoms in total. The molecule has 0 amide bonds. The van der Waals surface area contributed by atoms with Crippen molar-refractivity contribution in [3.8, 4) is 0 Å². The number of benzene rings is 2. The van der Waals surface area contributed by atoms with Gasteiger partial charge in [-0.05, 0) is 43.6 Å². The molecule has 2 aromatic carbocycles. The fourth-order valence-corrected chi connectivity index (χ4v) is 6.28. The highest BCUT2D eigenvalue weighted by molar-refractivity contribution is 7.87. The fraction of sp³-hybridized carbons (Fsp3) is 0.292. The van der Waals surface area contributed by atoms with E-state index in [1.165, 1.54) is 41.5 Å². The smallest absolute Gasteiger partial charge is 0.297 e. The molecule has 0 bridgehead atoms. The molecule has 0 spiro atoms. The average Bonchev–Trinajstić information content (AvgIpc) is 3.50. The highest BCUT2D eigenvalue weighted by Gasteiger charge is 2.49. The number of nitrogens with zero attached hydrogens (tertiary/aromatic N) is 7. The molecular formula is C24H24N8O7S2. The Morgan fingerprint density at radius 3 is 2.20 bits per heavy atom. The van der Waals surface area contributed by atoms with Gasteiger partial charge >= 0.3 is 0 Å². The molecule has 5 rings (SSSR count). The summed E-state index contributed by atoms with van der Waals surface area (Å²) in [5, 5.41) is 3.72. The molecule has 4 aromatic rings. The second kappa shape index (κ2) is 11.0. The van der Waals surface area contributed by atoms with Crippen molar-refractivity contribution in [3.05, 3.63) is 82.8 Å². The Hall–Kier alpha value is -4.12. The zero-order chi connectivity index (χ0) is 29.4. The summed E-state index contributed by atoms with van der Waals surface area (Å²) in [6.07, 6.45) is -1.58. The summed E-state index contributed by atoms with van der Waals surface area (Å²) in [6.45, 7) is 2.98. The third-order valence-electron chi connectivity index (χ3n) is 6.40. The Morgan fingerprint density at radius 2 is 1.59 bits per heavy atom. The highest BCUT2D eigenvalue weighted by atomic mass is 32.2. The number of hydrogen-bond acceptors (Lipinski definition) is 12. The normalized spacial score (nSPS) is 21.1. The van der Waals surface area contributed by atoms with Crippen molar-refractivity contribution in [1.29, 1.82) is 0 Å². The van der Waals surface area contributed by atoms with E-state index in [0.29, 0.717) is 0 Å². The minimum Gasteiger partial charge on any atom is -0.382 e. The zero-order valence-electron chi connectivity index (χ0n) is 21.7. The van der Waals surface area contributed by atoms with Gasteiger partial charge in [0.05, 0.1) is 34.9 Å². The molecule has 17 heteroatoms. The van der Waals surface area contributed by atoms with Gasteiger partial charge in [-0.25, -0.2) is 15.0 Å². The van der Waals surface area contributed by atoms with Crippen molar-refractivity contribution in [2.45, 2.75) is 48.1 Å². The molecule has 2 N–H and O–H groups in total. The summed E-state index contributed by atoms with van der Waals surface area (Å²) >= 11 is 0. The van der Waals surface area contributed by atoms with Crippen LogP contribution in [0.5, 0.6) is 0 Å². The third kappa shape index (κ3) is 5.72. The van der Waals surface area contributed by atoms with E-state index >= 15 is 0 Å². The quantitative estimate of drug-likeness (QED) is 0.127. The van der Waals surface area contributed by atoms with Crippen LogP contribution in [0.1, 0.15) is 17.4 Å². The molecule has 0 unspecified atom stereocenters. The maximum absolute atomic E-state index is 13.3. The number of ether oxygens (including phenoxy) is 1. The molecule has 0 radical (unpaired) electrons. The standard InChI is InChI=1S/C24H24N8O7S2/c1-14-3-7-16(8-4-14)40(33,34)37-11-18-19(30-31-26)21(39-41(35,36)17-9-5-15(2)6-10-17)24(38-18)32-13-29-20-22(25)27-12-28-23(20)32/h3-10,12-13,18-19,21,24H,11H2,1-2H3,(H2,25,27,28)/t18-,19-,21+,24-/m1/s1. The summed E-state index contributed by atoms with van der Waals surface area (Å²) in [5.41, 5.74) is 17.3. The molecule has 1 aliphatic heterocycles. The van der Waals surface area contributed by atoms with Crippen LogP contribution in [0.2, 0.25) is 0 Å². The van der Waals surface area contributed by atoms with Crippen molar-refractivity contribution in [2.24, 2.45) is 5.11 Å². The summed E-state index contributed by atoms with van der Waals surface area (Å²) in [7, 11) is -8.67. The number of rotatable bonds is 9. The van der Waals surface area contributed by atoms with E-state index in [1.54, 1.807) is 38.1 Å². The molecule has 1 aliphatic rings. The molecule has 2 aromatic heterocycles. The van der Waals surface area contributed by atoms with Gasteiger partial charge < -0.3 is 10.5 Å². The van der Waals surface area contributed by atoms with Crippen LogP contribution in [0.15, 0.2) is 76.1 Å². The first kappa shape index (κ1) is 28.4. The minimum absolute atomic E-state index is 0.0622. The maximum Gasteiger partial charge on any atom is 0.297 e. The van der Waals surface area contributed by atoms with Crippen LogP contribution < -0.4 is 5.73 Å². The molecule has 0 saturated carbocycles. The number of nitrogens with two attached hydrogens (primary N) is 1. The van der Waals surface area contributed by atoms with Gasteiger partial charge in [0.15, 0.2) is 17.7 Å². The first-order valence-corrected chi connectivity index (χ1v) is 14.9. The Labute approximate surface area is 234 Å². The molecule has 214 valence electrons. The van der Waals surface area contributed by atoms with Crippen LogP contribution in [0, 0.1) is 13.8 Å².